The summed E-state index contributed by atoms with van der Waals surface area (Å²) < 4.78 is 0. The van der Waals surface area contributed by atoms with Gasteiger partial charge >= 0.3 is 0 Å². The van der Waals surface area contributed by atoms with Gasteiger partial charge in [0.15, 0.2) is 0 Å². The second kappa shape index (κ2) is 5.25. The summed E-state index contributed by atoms with van der Waals surface area (Å²) in [6, 6.07) is 10.6. The third kappa shape index (κ3) is 3.47. The molecule has 0 heterocycles. The van der Waals surface area contributed by atoms with Gasteiger partial charge in [-0.1, -0.05) is 31.5 Å². The highest BCUT2D eigenvalue weighted by Gasteiger charge is 1.89. The molecule has 0 spiro atoms. The second-order valence-corrected chi connectivity index (χ2v) is 3.68. The molecule has 1 aromatic carbocycles. The molecule has 0 nitrogen and oxygen atoms in total. The molecule has 0 aliphatic heterocycles. The van der Waals surface area contributed by atoms with Crippen LogP contribution in [0.5, 0.6) is 0 Å². The fourth-order valence-corrected chi connectivity index (χ4v) is 1.87. The highest BCUT2D eigenvalue weighted by Crippen LogP contribution is 2.17. The maximum absolute atomic E-state index is 2.23. The van der Waals surface area contributed by atoms with Gasteiger partial charge < -0.3 is 0 Å². The zero-order valence-corrected chi connectivity index (χ0v) is 7.73. The van der Waals surface area contributed by atoms with Crippen molar-refractivity contribution in [3.05, 3.63) is 30.3 Å². The molecule has 0 saturated carbocycles. The van der Waals surface area contributed by atoms with Crippen LogP contribution in [0.2, 0.25) is 0 Å². The first-order valence-electron chi connectivity index (χ1n) is 4.11. The quantitative estimate of drug-likeness (QED) is 0.486. The van der Waals surface area contributed by atoms with Crippen molar-refractivity contribution >= 4 is 11.8 Å². The molecule has 0 aromatic heterocycles. The first-order valence-corrected chi connectivity index (χ1v) is 5.10. The number of benzene rings is 1. The molecule has 1 rings (SSSR count). The van der Waals surface area contributed by atoms with E-state index in [-0.39, 0.29) is 0 Å². The molecule has 0 atom stereocenters. The lowest BCUT2D eigenvalue weighted by atomic mass is 10.4. The van der Waals surface area contributed by atoms with Crippen molar-refractivity contribution in [2.24, 2.45) is 0 Å². The van der Waals surface area contributed by atoms with E-state index in [4.69, 9.17) is 0 Å². The average Bonchev–Trinajstić information content (AvgIpc) is 2.07. The molecule has 0 aliphatic carbocycles. The minimum Gasteiger partial charge on any atom is -0.126 e. The van der Waals surface area contributed by atoms with Crippen LogP contribution in [0.3, 0.4) is 0 Å². The Morgan fingerprint density at radius 1 is 1.18 bits per heavy atom. The van der Waals surface area contributed by atoms with Gasteiger partial charge in [-0.15, -0.1) is 11.8 Å². The van der Waals surface area contributed by atoms with Gasteiger partial charge in [-0.05, 0) is 24.3 Å². The molecule has 0 saturated heterocycles. The molecule has 0 unspecified atom stereocenters. The van der Waals surface area contributed by atoms with E-state index in [0.29, 0.717) is 0 Å². The maximum Gasteiger partial charge on any atom is 0.00719 e. The Hall–Kier alpha value is -0.430. The van der Waals surface area contributed by atoms with Crippen LogP contribution in [0.4, 0.5) is 0 Å². The molecule has 11 heavy (non-hydrogen) atoms. The van der Waals surface area contributed by atoms with E-state index in [0.717, 1.165) is 0 Å². The smallest absolute Gasteiger partial charge is 0.00719 e. The number of rotatable bonds is 4. The van der Waals surface area contributed by atoms with Crippen LogP contribution in [-0.2, 0) is 0 Å². The third-order valence-electron chi connectivity index (χ3n) is 1.51. The molecule has 0 amide bonds. The average molecular weight is 166 g/mol. The van der Waals surface area contributed by atoms with Crippen molar-refractivity contribution in [2.45, 2.75) is 24.7 Å². The Balaban J connectivity index is 2.28. The van der Waals surface area contributed by atoms with Gasteiger partial charge in [0, 0.05) is 4.90 Å². The van der Waals surface area contributed by atoms with E-state index >= 15 is 0 Å². The predicted molar refractivity (Wildman–Crippen MR) is 52.1 cm³/mol. The van der Waals surface area contributed by atoms with Crippen LogP contribution in [0.25, 0.3) is 0 Å². The summed E-state index contributed by atoms with van der Waals surface area (Å²) in [6.07, 6.45) is 2.61. The van der Waals surface area contributed by atoms with Crippen molar-refractivity contribution in [3.8, 4) is 0 Å². The SMILES string of the molecule is CCCCSc1ccccc1. The minimum atomic E-state index is 1.25. The summed E-state index contributed by atoms with van der Waals surface area (Å²) in [5, 5.41) is 0. The van der Waals surface area contributed by atoms with Gasteiger partial charge in [-0.3, -0.25) is 0 Å². The number of thioether (sulfide) groups is 1. The summed E-state index contributed by atoms with van der Waals surface area (Å²) >= 11 is 1.94. The van der Waals surface area contributed by atoms with Crippen molar-refractivity contribution in [1.82, 2.24) is 0 Å². The molecule has 1 heteroatoms. The molecule has 0 N–H and O–H groups in total. The van der Waals surface area contributed by atoms with Crippen molar-refractivity contribution in [1.29, 1.82) is 0 Å². The van der Waals surface area contributed by atoms with E-state index in [1.807, 2.05) is 11.8 Å². The Morgan fingerprint density at radius 2 is 1.91 bits per heavy atom. The Kier molecular flexibility index (Phi) is 4.14. The Morgan fingerprint density at radius 3 is 2.55 bits per heavy atom. The summed E-state index contributed by atoms with van der Waals surface area (Å²) in [5.41, 5.74) is 0. The topological polar surface area (TPSA) is 0 Å². The third-order valence-corrected chi connectivity index (χ3v) is 2.61. The van der Waals surface area contributed by atoms with Crippen molar-refractivity contribution < 1.29 is 0 Å². The lowest BCUT2D eigenvalue weighted by Crippen LogP contribution is -1.76. The van der Waals surface area contributed by atoms with Crippen LogP contribution >= 0.6 is 11.8 Å². The summed E-state index contributed by atoms with van der Waals surface area (Å²) in [4.78, 5) is 1.39. The zero-order valence-electron chi connectivity index (χ0n) is 6.92. The summed E-state index contributed by atoms with van der Waals surface area (Å²) in [6.45, 7) is 2.23. The summed E-state index contributed by atoms with van der Waals surface area (Å²) in [7, 11) is 0. The van der Waals surface area contributed by atoms with Gasteiger partial charge in [-0.2, -0.15) is 0 Å². The fourth-order valence-electron chi connectivity index (χ4n) is 0.851. The number of unbranched alkanes of at least 4 members (excludes halogenated alkanes) is 1. The Labute approximate surface area is 73.0 Å². The molecule has 60 valence electrons. The number of hydrogen-bond donors (Lipinski definition) is 0. The molecule has 0 fully saturated rings. The van der Waals surface area contributed by atoms with Crippen LogP contribution in [0.15, 0.2) is 35.2 Å². The minimum absolute atomic E-state index is 1.25. The van der Waals surface area contributed by atoms with Gasteiger partial charge in [0.05, 0.1) is 0 Å². The Bertz CT molecular complexity index is 181. The lowest BCUT2D eigenvalue weighted by Gasteiger charge is -1.98. The van der Waals surface area contributed by atoms with Gasteiger partial charge in [-0.25, -0.2) is 0 Å². The van der Waals surface area contributed by atoms with Crippen LogP contribution in [0, 0.1) is 0 Å². The van der Waals surface area contributed by atoms with Crippen LogP contribution in [-0.4, -0.2) is 5.75 Å². The van der Waals surface area contributed by atoms with Crippen molar-refractivity contribution in [2.75, 3.05) is 5.75 Å². The van der Waals surface area contributed by atoms with E-state index in [9.17, 15) is 0 Å². The van der Waals surface area contributed by atoms with E-state index < -0.39 is 0 Å². The summed E-state index contributed by atoms with van der Waals surface area (Å²) in [5.74, 6) is 1.25. The number of hydrogen-bond acceptors (Lipinski definition) is 1. The van der Waals surface area contributed by atoms with Gasteiger partial charge in [0.1, 0.15) is 0 Å². The van der Waals surface area contributed by atoms with E-state index in [1.54, 1.807) is 0 Å². The first kappa shape index (κ1) is 8.66. The molecular weight excluding hydrogens is 152 g/mol. The molecule has 0 radical (unpaired) electrons. The van der Waals surface area contributed by atoms with Crippen LogP contribution in [0.1, 0.15) is 19.8 Å². The monoisotopic (exact) mass is 166 g/mol. The lowest BCUT2D eigenvalue weighted by molar-refractivity contribution is 0.896. The van der Waals surface area contributed by atoms with E-state index in [1.165, 1.54) is 23.5 Å². The fraction of sp³-hybridized carbons (Fsp3) is 0.400. The molecular formula is C10H14S. The van der Waals surface area contributed by atoms with Crippen LogP contribution < -0.4 is 0 Å². The largest absolute Gasteiger partial charge is 0.126 e. The van der Waals surface area contributed by atoms with E-state index in [2.05, 4.69) is 37.3 Å². The molecule has 0 aliphatic rings. The second-order valence-electron chi connectivity index (χ2n) is 2.52. The standard InChI is InChI=1S/C10H14S/c1-2-3-9-11-10-7-5-4-6-8-10/h4-8H,2-3,9H2,1H3. The normalized spacial score (nSPS) is 9.91. The zero-order chi connectivity index (χ0) is 7.94. The maximum atomic E-state index is 2.23. The highest BCUT2D eigenvalue weighted by atomic mass is 32.2. The molecule has 1 aromatic rings. The predicted octanol–water partition coefficient (Wildman–Crippen LogP) is 3.58. The van der Waals surface area contributed by atoms with Crippen molar-refractivity contribution in [3.63, 3.8) is 0 Å². The molecule has 0 bridgehead atoms. The highest BCUT2D eigenvalue weighted by molar-refractivity contribution is 7.99. The van der Waals surface area contributed by atoms with Gasteiger partial charge in [0.25, 0.3) is 0 Å². The van der Waals surface area contributed by atoms with Gasteiger partial charge in [0.2, 0.25) is 0 Å². The first-order chi connectivity index (χ1) is 5.43.